The molecule has 3 N–H and O–H groups in total. The van der Waals surface area contributed by atoms with Crippen molar-refractivity contribution in [3.8, 4) is 0 Å². The van der Waals surface area contributed by atoms with Gasteiger partial charge in [0.05, 0.1) is 13.0 Å². The minimum atomic E-state index is -0.941. The number of carboxylic acid groups (broad SMARTS) is 1. The van der Waals surface area contributed by atoms with Crippen LogP contribution in [0.2, 0.25) is 0 Å². The summed E-state index contributed by atoms with van der Waals surface area (Å²) in [5.41, 5.74) is 1.15. The van der Waals surface area contributed by atoms with Gasteiger partial charge >= 0.3 is 5.97 Å². The molecule has 0 saturated heterocycles. The Morgan fingerprint density at radius 3 is 2.71 bits per heavy atom. The average Bonchev–Trinajstić information content (AvgIpc) is 2.16. The van der Waals surface area contributed by atoms with Crippen LogP contribution in [0.4, 0.5) is 0 Å². The summed E-state index contributed by atoms with van der Waals surface area (Å²) >= 11 is 0. The molecular weight excluding hydrogens is 184 g/mol. The number of aliphatic carboxylic acids is 1. The minimum absolute atomic E-state index is 0.0774. The van der Waals surface area contributed by atoms with Crippen molar-refractivity contribution in [2.24, 2.45) is 0 Å². The Hall–Kier alpha value is -1.39. The molecular formula is C10H12O4. The lowest BCUT2D eigenvalue weighted by Gasteiger charge is -2.08. The van der Waals surface area contributed by atoms with Gasteiger partial charge in [0.25, 0.3) is 0 Å². The van der Waals surface area contributed by atoms with E-state index in [1.807, 2.05) is 0 Å². The van der Waals surface area contributed by atoms with Crippen LogP contribution in [0.5, 0.6) is 0 Å². The normalized spacial score (nSPS) is 12.4. The lowest BCUT2D eigenvalue weighted by Crippen LogP contribution is -2.05. The summed E-state index contributed by atoms with van der Waals surface area (Å²) in [4.78, 5) is 10.4. The third kappa shape index (κ3) is 2.83. The van der Waals surface area contributed by atoms with Gasteiger partial charge in [0.15, 0.2) is 0 Å². The molecule has 0 amide bonds. The zero-order valence-corrected chi connectivity index (χ0v) is 7.55. The Labute approximate surface area is 81.4 Å². The number of carboxylic acids is 1. The summed E-state index contributed by atoms with van der Waals surface area (Å²) < 4.78 is 0. The molecule has 0 radical (unpaired) electrons. The first-order valence-electron chi connectivity index (χ1n) is 4.23. The van der Waals surface area contributed by atoms with E-state index in [2.05, 4.69) is 0 Å². The Bertz CT molecular complexity index is 322. The molecule has 0 heterocycles. The topological polar surface area (TPSA) is 77.8 Å². The van der Waals surface area contributed by atoms with Gasteiger partial charge in [0.1, 0.15) is 6.10 Å². The number of hydrogen-bond acceptors (Lipinski definition) is 3. The molecule has 0 aromatic heterocycles. The molecule has 0 aliphatic heterocycles. The van der Waals surface area contributed by atoms with Crippen molar-refractivity contribution in [3.05, 3.63) is 35.4 Å². The van der Waals surface area contributed by atoms with Crippen LogP contribution >= 0.6 is 0 Å². The second-order valence-electron chi connectivity index (χ2n) is 3.01. The SMILES string of the molecule is O=C(O)Cc1cccc(C(O)CO)c1. The van der Waals surface area contributed by atoms with Gasteiger partial charge in [-0.3, -0.25) is 4.79 Å². The Morgan fingerprint density at radius 1 is 1.43 bits per heavy atom. The third-order valence-electron chi connectivity index (χ3n) is 1.86. The van der Waals surface area contributed by atoms with E-state index in [1.54, 1.807) is 24.3 Å². The molecule has 0 spiro atoms. The van der Waals surface area contributed by atoms with Crippen LogP contribution in [0.1, 0.15) is 17.2 Å². The van der Waals surface area contributed by atoms with Gasteiger partial charge in [-0.05, 0) is 11.1 Å². The molecule has 1 unspecified atom stereocenters. The molecule has 1 aromatic rings. The van der Waals surface area contributed by atoms with E-state index in [9.17, 15) is 9.90 Å². The standard InChI is InChI=1S/C10H12O4/c11-6-9(12)8-3-1-2-7(4-8)5-10(13)14/h1-4,9,11-12H,5-6H2,(H,13,14). The molecule has 0 fully saturated rings. The van der Waals surface area contributed by atoms with Crippen LogP contribution in [-0.4, -0.2) is 27.9 Å². The number of hydrogen-bond donors (Lipinski definition) is 3. The van der Waals surface area contributed by atoms with Crippen LogP contribution in [0.3, 0.4) is 0 Å². The monoisotopic (exact) mass is 196 g/mol. The lowest BCUT2D eigenvalue weighted by molar-refractivity contribution is -0.136. The number of benzene rings is 1. The smallest absolute Gasteiger partial charge is 0.307 e. The molecule has 0 aliphatic rings. The molecule has 0 saturated carbocycles. The van der Waals surface area contributed by atoms with Gasteiger partial charge in [-0.1, -0.05) is 24.3 Å². The van der Waals surface area contributed by atoms with Gasteiger partial charge in [0, 0.05) is 0 Å². The summed E-state index contributed by atoms with van der Waals surface area (Å²) in [7, 11) is 0. The zero-order chi connectivity index (χ0) is 10.6. The van der Waals surface area contributed by atoms with Crippen molar-refractivity contribution in [2.45, 2.75) is 12.5 Å². The van der Waals surface area contributed by atoms with E-state index < -0.39 is 12.1 Å². The minimum Gasteiger partial charge on any atom is -0.481 e. The van der Waals surface area contributed by atoms with Gasteiger partial charge in [-0.25, -0.2) is 0 Å². The Kier molecular flexibility index (Phi) is 3.62. The van der Waals surface area contributed by atoms with Crippen molar-refractivity contribution < 1.29 is 20.1 Å². The van der Waals surface area contributed by atoms with E-state index in [0.717, 1.165) is 0 Å². The third-order valence-corrected chi connectivity index (χ3v) is 1.86. The van der Waals surface area contributed by atoms with E-state index in [4.69, 9.17) is 10.2 Å². The molecule has 14 heavy (non-hydrogen) atoms. The van der Waals surface area contributed by atoms with Gasteiger partial charge in [-0.2, -0.15) is 0 Å². The molecule has 4 nitrogen and oxygen atoms in total. The fraction of sp³-hybridized carbons (Fsp3) is 0.300. The van der Waals surface area contributed by atoms with E-state index in [-0.39, 0.29) is 13.0 Å². The predicted molar refractivity (Wildman–Crippen MR) is 49.8 cm³/mol. The largest absolute Gasteiger partial charge is 0.481 e. The van der Waals surface area contributed by atoms with Crippen molar-refractivity contribution >= 4 is 5.97 Å². The predicted octanol–water partition coefficient (Wildman–Crippen LogP) is 0.339. The fourth-order valence-electron chi connectivity index (χ4n) is 1.19. The highest BCUT2D eigenvalue weighted by Crippen LogP contribution is 2.14. The summed E-state index contributed by atoms with van der Waals surface area (Å²) in [5.74, 6) is -0.916. The van der Waals surface area contributed by atoms with E-state index >= 15 is 0 Å². The Balaban J connectivity index is 2.83. The zero-order valence-electron chi connectivity index (χ0n) is 7.55. The molecule has 0 bridgehead atoms. The second kappa shape index (κ2) is 4.74. The second-order valence-corrected chi connectivity index (χ2v) is 3.01. The van der Waals surface area contributed by atoms with Crippen molar-refractivity contribution in [3.63, 3.8) is 0 Å². The van der Waals surface area contributed by atoms with Gasteiger partial charge < -0.3 is 15.3 Å². The summed E-state index contributed by atoms with van der Waals surface area (Å²) in [5, 5.41) is 26.5. The molecule has 76 valence electrons. The quantitative estimate of drug-likeness (QED) is 0.649. The summed E-state index contributed by atoms with van der Waals surface area (Å²) in [6.45, 7) is -0.365. The highest BCUT2D eigenvalue weighted by Gasteiger charge is 2.07. The first-order valence-corrected chi connectivity index (χ1v) is 4.23. The maximum Gasteiger partial charge on any atom is 0.307 e. The van der Waals surface area contributed by atoms with Crippen molar-refractivity contribution in [1.29, 1.82) is 0 Å². The molecule has 1 aromatic carbocycles. The highest BCUT2D eigenvalue weighted by molar-refractivity contribution is 5.70. The van der Waals surface area contributed by atoms with Crippen molar-refractivity contribution in [1.82, 2.24) is 0 Å². The summed E-state index contributed by atoms with van der Waals surface area (Å²) in [6, 6.07) is 6.55. The van der Waals surface area contributed by atoms with Crippen LogP contribution in [-0.2, 0) is 11.2 Å². The first-order chi connectivity index (χ1) is 6.63. The number of carbonyl (C=O) groups is 1. The highest BCUT2D eigenvalue weighted by atomic mass is 16.4. The van der Waals surface area contributed by atoms with Crippen LogP contribution in [0.15, 0.2) is 24.3 Å². The van der Waals surface area contributed by atoms with Gasteiger partial charge in [-0.15, -0.1) is 0 Å². The first kappa shape index (κ1) is 10.7. The molecule has 4 heteroatoms. The molecule has 0 aliphatic carbocycles. The summed E-state index contributed by atoms with van der Waals surface area (Å²) in [6.07, 6.45) is -1.02. The van der Waals surface area contributed by atoms with Gasteiger partial charge in [0.2, 0.25) is 0 Å². The molecule has 1 atom stereocenters. The fourth-order valence-corrected chi connectivity index (χ4v) is 1.19. The van der Waals surface area contributed by atoms with E-state index in [1.165, 1.54) is 0 Å². The van der Waals surface area contributed by atoms with Crippen LogP contribution < -0.4 is 0 Å². The van der Waals surface area contributed by atoms with Crippen LogP contribution in [0.25, 0.3) is 0 Å². The molecule has 1 rings (SSSR count). The number of rotatable bonds is 4. The lowest BCUT2D eigenvalue weighted by atomic mass is 10.0. The van der Waals surface area contributed by atoms with Crippen molar-refractivity contribution in [2.75, 3.05) is 6.61 Å². The Morgan fingerprint density at radius 2 is 2.14 bits per heavy atom. The average molecular weight is 196 g/mol. The van der Waals surface area contributed by atoms with Crippen LogP contribution in [0, 0.1) is 0 Å². The number of aliphatic hydroxyl groups is 2. The number of aliphatic hydroxyl groups excluding tert-OH is 2. The maximum absolute atomic E-state index is 10.4. The van der Waals surface area contributed by atoms with E-state index in [0.29, 0.717) is 11.1 Å². The maximum atomic E-state index is 10.4.